The summed E-state index contributed by atoms with van der Waals surface area (Å²) < 4.78 is 2.12. The molecule has 0 spiro atoms. The van der Waals surface area contributed by atoms with Crippen molar-refractivity contribution in [2.24, 2.45) is 11.8 Å². The van der Waals surface area contributed by atoms with Gasteiger partial charge in [-0.05, 0) is 109 Å². The molecule has 1 amide bonds. The number of fused-ring (bicyclic) bond motifs is 2. The van der Waals surface area contributed by atoms with Gasteiger partial charge in [0.2, 0.25) is 5.91 Å². The lowest BCUT2D eigenvalue weighted by Crippen LogP contribution is -2.28. The van der Waals surface area contributed by atoms with E-state index in [-0.39, 0.29) is 11.8 Å². The van der Waals surface area contributed by atoms with Gasteiger partial charge in [0.25, 0.3) is 0 Å². The van der Waals surface area contributed by atoms with Crippen LogP contribution in [0.4, 0.5) is 5.69 Å². The van der Waals surface area contributed by atoms with E-state index in [0.717, 1.165) is 61.3 Å². The molecule has 3 aromatic rings. The maximum Gasteiger partial charge on any atom is 0.227 e. The summed E-state index contributed by atoms with van der Waals surface area (Å²) in [5.74, 6) is 0.433. The summed E-state index contributed by atoms with van der Waals surface area (Å²) in [5, 5.41) is 8.10. The van der Waals surface area contributed by atoms with Crippen molar-refractivity contribution in [2.45, 2.75) is 45.1 Å². The van der Waals surface area contributed by atoms with Gasteiger partial charge in [-0.1, -0.05) is 41.4 Å². The first-order valence-electron chi connectivity index (χ1n) is 14.0. The smallest absolute Gasteiger partial charge is 0.227 e. The Balaban J connectivity index is 1.24. The highest BCUT2D eigenvalue weighted by Gasteiger charge is 2.33. The number of aryl methyl sites for hydroxylation is 1. The third-order valence-corrected chi connectivity index (χ3v) is 8.63. The second-order valence-electron chi connectivity index (χ2n) is 10.7. The second-order valence-corrected chi connectivity index (χ2v) is 11.6. The van der Waals surface area contributed by atoms with Crippen molar-refractivity contribution in [3.05, 3.63) is 118 Å². The molecule has 5 nitrogen and oxygen atoms in total. The molecule has 1 aromatic heterocycles. The SMILES string of the molecule is O=C(Nc1ccc(Cl)cc1)C1CCC(C2=C3NC=CC=C3C(CCCn3ccnc3)=Cc3cc(Cl)ccc32)CC1. The third-order valence-electron chi connectivity index (χ3n) is 8.14. The van der Waals surface area contributed by atoms with Crippen LogP contribution in [0.1, 0.15) is 49.7 Å². The first-order chi connectivity index (χ1) is 19.5. The maximum absolute atomic E-state index is 13.1. The third kappa shape index (κ3) is 5.81. The summed E-state index contributed by atoms with van der Waals surface area (Å²) in [6.07, 6.45) is 19.9. The number of allylic oxidation sites excluding steroid dienone is 4. The van der Waals surface area contributed by atoms with Crippen molar-refractivity contribution in [3.63, 3.8) is 0 Å². The number of dihydropyridines is 1. The molecule has 1 aliphatic heterocycles. The van der Waals surface area contributed by atoms with Crippen molar-refractivity contribution >= 4 is 46.4 Å². The number of nitrogens with one attached hydrogen (secondary N) is 2. The van der Waals surface area contributed by atoms with Gasteiger partial charge in [-0.2, -0.15) is 0 Å². The minimum Gasteiger partial charge on any atom is -0.361 e. The molecule has 6 rings (SSSR count). The number of hydrogen-bond donors (Lipinski definition) is 2. The highest BCUT2D eigenvalue weighted by molar-refractivity contribution is 6.31. The molecule has 40 heavy (non-hydrogen) atoms. The highest BCUT2D eigenvalue weighted by Crippen LogP contribution is 2.46. The summed E-state index contributed by atoms with van der Waals surface area (Å²) >= 11 is 12.5. The van der Waals surface area contributed by atoms with E-state index in [4.69, 9.17) is 23.2 Å². The lowest BCUT2D eigenvalue weighted by atomic mass is 9.74. The normalized spacial score (nSPS) is 20.1. The largest absolute Gasteiger partial charge is 0.361 e. The van der Waals surface area contributed by atoms with Crippen LogP contribution in [0.25, 0.3) is 11.6 Å². The zero-order chi connectivity index (χ0) is 27.5. The number of hydrogen-bond acceptors (Lipinski definition) is 3. The molecular formula is C33H32Cl2N4O. The van der Waals surface area contributed by atoms with E-state index >= 15 is 0 Å². The molecule has 7 heteroatoms. The van der Waals surface area contributed by atoms with E-state index in [1.165, 1.54) is 28.0 Å². The number of halogens is 2. The van der Waals surface area contributed by atoms with Crippen LogP contribution in [-0.4, -0.2) is 15.5 Å². The number of benzene rings is 2. The van der Waals surface area contributed by atoms with Crippen LogP contribution in [0.15, 0.2) is 96.4 Å². The maximum atomic E-state index is 13.1. The van der Waals surface area contributed by atoms with Gasteiger partial charge >= 0.3 is 0 Å². The molecule has 0 bridgehead atoms. The van der Waals surface area contributed by atoms with Crippen LogP contribution < -0.4 is 10.6 Å². The highest BCUT2D eigenvalue weighted by atomic mass is 35.5. The topological polar surface area (TPSA) is 59.0 Å². The van der Waals surface area contributed by atoms with Crippen molar-refractivity contribution in [1.82, 2.24) is 14.9 Å². The number of rotatable bonds is 7. The minimum absolute atomic E-state index is 0.000852. The van der Waals surface area contributed by atoms with Gasteiger partial charge in [0.05, 0.1) is 6.33 Å². The van der Waals surface area contributed by atoms with E-state index in [1.54, 1.807) is 12.1 Å². The van der Waals surface area contributed by atoms with Gasteiger partial charge < -0.3 is 15.2 Å². The number of aromatic nitrogens is 2. The molecule has 204 valence electrons. The Bertz CT molecular complexity index is 1510. The number of carbonyl (C=O) groups excluding carboxylic acids is 1. The molecule has 0 unspecified atom stereocenters. The Morgan fingerprint density at radius 1 is 1.05 bits per heavy atom. The summed E-state index contributed by atoms with van der Waals surface area (Å²) in [7, 11) is 0. The Morgan fingerprint density at radius 2 is 1.85 bits per heavy atom. The average Bonchev–Trinajstić information content (AvgIpc) is 3.45. The van der Waals surface area contributed by atoms with Crippen LogP contribution >= 0.6 is 23.2 Å². The Labute approximate surface area is 245 Å². The van der Waals surface area contributed by atoms with Gasteiger partial charge in [0, 0.05) is 58.1 Å². The minimum atomic E-state index is -0.000852. The summed E-state index contributed by atoms with van der Waals surface area (Å²) in [6, 6.07) is 13.5. The van der Waals surface area contributed by atoms with Crippen LogP contribution in [0.5, 0.6) is 0 Å². The van der Waals surface area contributed by atoms with Crippen molar-refractivity contribution in [1.29, 1.82) is 0 Å². The summed E-state index contributed by atoms with van der Waals surface area (Å²) in [5.41, 5.74) is 8.25. The predicted molar refractivity (Wildman–Crippen MR) is 164 cm³/mol. The quantitative estimate of drug-likeness (QED) is 0.300. The Kier molecular flexibility index (Phi) is 7.94. The Hall–Kier alpha value is -3.54. The first-order valence-corrected chi connectivity index (χ1v) is 14.7. The molecule has 0 saturated heterocycles. The van der Waals surface area contributed by atoms with E-state index in [2.05, 4.69) is 50.5 Å². The summed E-state index contributed by atoms with van der Waals surface area (Å²) in [6.45, 7) is 0.921. The molecule has 2 aromatic carbocycles. The van der Waals surface area contributed by atoms with E-state index in [0.29, 0.717) is 10.9 Å². The number of nitrogens with zero attached hydrogens (tertiary/aromatic N) is 2. The lowest BCUT2D eigenvalue weighted by molar-refractivity contribution is -0.120. The monoisotopic (exact) mass is 570 g/mol. The fourth-order valence-corrected chi connectivity index (χ4v) is 6.46. The number of anilines is 1. The second kappa shape index (κ2) is 11.9. The molecule has 3 aliphatic rings. The van der Waals surface area contributed by atoms with Gasteiger partial charge in [-0.25, -0.2) is 4.98 Å². The first kappa shape index (κ1) is 26.7. The van der Waals surface area contributed by atoms with E-state index < -0.39 is 0 Å². The van der Waals surface area contributed by atoms with Crippen molar-refractivity contribution in [2.75, 3.05) is 5.32 Å². The molecule has 0 atom stereocenters. The standard InChI is InChI=1S/C33H32Cl2N4O/c34-26-9-12-28(13-10-26)38-33(40)23-7-5-22(6-8-23)31-29-14-11-27(35)20-25(29)19-24(30-4-1-15-37-32(30)31)3-2-17-39-18-16-36-21-39/h1,4,9-16,18-23,37H,2-3,5-8,17H2,(H,38,40). The van der Waals surface area contributed by atoms with Gasteiger partial charge in [0.15, 0.2) is 0 Å². The van der Waals surface area contributed by atoms with Gasteiger partial charge in [-0.15, -0.1) is 0 Å². The van der Waals surface area contributed by atoms with Gasteiger partial charge in [-0.3, -0.25) is 4.79 Å². The number of imidazole rings is 1. The molecule has 2 heterocycles. The van der Waals surface area contributed by atoms with Crippen molar-refractivity contribution in [3.8, 4) is 0 Å². The zero-order valence-electron chi connectivity index (χ0n) is 22.2. The predicted octanol–water partition coefficient (Wildman–Crippen LogP) is 8.27. The molecule has 2 N–H and O–H groups in total. The van der Waals surface area contributed by atoms with Crippen LogP contribution in [0.3, 0.4) is 0 Å². The fraction of sp³-hybridized carbons (Fsp3) is 0.273. The van der Waals surface area contributed by atoms with E-state index in [1.807, 2.05) is 43.1 Å². The van der Waals surface area contributed by atoms with Gasteiger partial charge in [0.1, 0.15) is 0 Å². The number of carbonyl (C=O) groups is 1. The number of amides is 1. The van der Waals surface area contributed by atoms with Crippen LogP contribution in [0, 0.1) is 11.8 Å². The fourth-order valence-electron chi connectivity index (χ4n) is 6.15. The Morgan fingerprint density at radius 3 is 2.62 bits per heavy atom. The van der Waals surface area contributed by atoms with Crippen LogP contribution in [0.2, 0.25) is 10.0 Å². The molecule has 2 aliphatic carbocycles. The lowest BCUT2D eigenvalue weighted by Gasteiger charge is -2.32. The molecule has 1 saturated carbocycles. The van der Waals surface area contributed by atoms with E-state index in [9.17, 15) is 4.79 Å². The van der Waals surface area contributed by atoms with Crippen LogP contribution in [-0.2, 0) is 11.3 Å². The molecule has 0 radical (unpaired) electrons. The molecular weight excluding hydrogens is 539 g/mol. The average molecular weight is 572 g/mol. The van der Waals surface area contributed by atoms with Crippen molar-refractivity contribution < 1.29 is 4.79 Å². The summed E-state index contributed by atoms with van der Waals surface area (Å²) in [4.78, 5) is 17.2. The zero-order valence-corrected chi connectivity index (χ0v) is 23.8. The molecule has 1 fully saturated rings.